The highest BCUT2D eigenvalue weighted by Gasteiger charge is 2.38. The molecular formula is C26H30N4OS. The maximum absolute atomic E-state index is 12.1. The van der Waals surface area contributed by atoms with Crippen molar-refractivity contribution < 1.29 is 4.79 Å². The summed E-state index contributed by atoms with van der Waals surface area (Å²) in [4.78, 5) is 18.2. The lowest BCUT2D eigenvalue weighted by atomic mass is 10.2. The molecule has 1 unspecified atom stereocenters. The number of aromatic nitrogens is 1. The van der Waals surface area contributed by atoms with Gasteiger partial charge in [0.25, 0.3) is 0 Å². The fourth-order valence-electron chi connectivity index (χ4n) is 4.76. The highest BCUT2D eigenvalue weighted by molar-refractivity contribution is 8.47. The van der Waals surface area contributed by atoms with Gasteiger partial charge in [-0.05, 0) is 37.6 Å². The van der Waals surface area contributed by atoms with Crippen LogP contribution in [0.4, 0.5) is 0 Å². The Morgan fingerprint density at radius 3 is 2.66 bits per heavy atom. The number of hydrogen-bond acceptors (Lipinski definition) is 3. The summed E-state index contributed by atoms with van der Waals surface area (Å²) in [6, 6.07) is 19.3. The first kappa shape index (κ1) is 21.0. The zero-order chi connectivity index (χ0) is 22.0. The van der Waals surface area contributed by atoms with Gasteiger partial charge in [-0.25, -0.2) is 4.99 Å². The van der Waals surface area contributed by atoms with Crippen molar-refractivity contribution in [2.75, 3.05) is 13.1 Å². The second kappa shape index (κ2) is 8.96. The molecule has 3 aromatic rings. The van der Waals surface area contributed by atoms with Crippen LogP contribution < -0.4 is 10.6 Å². The Balaban J connectivity index is 1.63. The van der Waals surface area contributed by atoms with E-state index in [1.165, 1.54) is 21.4 Å². The first-order valence-electron chi connectivity index (χ1n) is 11.4. The second-order valence-corrected chi connectivity index (χ2v) is 11.6. The molecule has 0 saturated carbocycles. The first-order valence-corrected chi connectivity index (χ1v) is 13.2. The number of hydrogen-bond donors (Lipinski definition) is 2. The van der Waals surface area contributed by atoms with Crippen LogP contribution in [0.15, 0.2) is 81.9 Å². The number of aliphatic imine (C=N–C) groups is 1. The predicted molar refractivity (Wildman–Crippen MR) is 134 cm³/mol. The highest BCUT2D eigenvalue weighted by atomic mass is 32.3. The fraction of sp³-hybridized carbons (Fsp3) is 0.308. The molecule has 166 valence electrons. The summed E-state index contributed by atoms with van der Waals surface area (Å²) >= 11 is 0. The number of piperidine rings is 1. The summed E-state index contributed by atoms with van der Waals surface area (Å²) in [6.07, 6.45) is 5.04. The van der Waals surface area contributed by atoms with Crippen LogP contribution in [0.1, 0.15) is 31.7 Å². The summed E-state index contributed by atoms with van der Waals surface area (Å²) < 4.78 is 2.38. The molecule has 2 N–H and O–H groups in total. The Kier molecular flexibility index (Phi) is 5.89. The third-order valence-corrected chi connectivity index (χ3v) is 10.2. The molecule has 1 fully saturated rings. The smallest absolute Gasteiger partial charge is 0.225 e. The SMILES string of the molecule is CCC(=O)NC1=CS(c2cn(Cc3ccccc3)c3ccccc23)(C2CCNCC2)C=N1. The molecule has 6 heteroatoms. The van der Waals surface area contributed by atoms with Crippen LogP contribution in [-0.4, -0.2) is 34.4 Å². The first-order chi connectivity index (χ1) is 15.7. The normalized spacial score (nSPS) is 23.1. The minimum Gasteiger partial charge on any atom is -0.342 e. The fourth-order valence-corrected chi connectivity index (χ4v) is 8.44. The van der Waals surface area contributed by atoms with Crippen molar-refractivity contribution in [1.29, 1.82) is 0 Å². The van der Waals surface area contributed by atoms with E-state index in [9.17, 15) is 4.79 Å². The molecule has 5 nitrogen and oxygen atoms in total. The Hall–Kier alpha value is -2.83. The van der Waals surface area contributed by atoms with Crippen molar-refractivity contribution >= 4 is 32.4 Å². The number of nitrogens with zero attached hydrogens (tertiary/aromatic N) is 2. The molecule has 1 saturated heterocycles. The average Bonchev–Trinajstić information content (AvgIpc) is 3.43. The molecule has 32 heavy (non-hydrogen) atoms. The molecule has 0 aliphatic carbocycles. The van der Waals surface area contributed by atoms with E-state index in [4.69, 9.17) is 4.99 Å². The topological polar surface area (TPSA) is 58.4 Å². The molecule has 1 aromatic heterocycles. The van der Waals surface area contributed by atoms with Crippen molar-refractivity contribution in [2.24, 2.45) is 4.99 Å². The van der Waals surface area contributed by atoms with Crippen LogP contribution in [0.3, 0.4) is 0 Å². The summed E-state index contributed by atoms with van der Waals surface area (Å²) in [7, 11) is -1.47. The molecule has 1 atom stereocenters. The predicted octanol–water partition coefficient (Wildman–Crippen LogP) is 4.97. The molecule has 1 amide bonds. The Labute approximate surface area is 190 Å². The van der Waals surface area contributed by atoms with Gasteiger partial charge in [0.15, 0.2) is 0 Å². The highest BCUT2D eigenvalue weighted by Crippen LogP contribution is 2.65. The van der Waals surface area contributed by atoms with Crippen LogP contribution in [-0.2, 0) is 11.3 Å². The van der Waals surface area contributed by atoms with E-state index in [2.05, 4.69) is 86.9 Å². The van der Waals surface area contributed by atoms with Crippen molar-refractivity contribution in [3.8, 4) is 0 Å². The zero-order valence-corrected chi connectivity index (χ0v) is 19.3. The summed E-state index contributed by atoms with van der Waals surface area (Å²) in [5.41, 5.74) is 4.71. The molecule has 2 aliphatic heterocycles. The molecule has 0 bridgehead atoms. The molecule has 3 heterocycles. The van der Waals surface area contributed by atoms with Gasteiger partial charge in [0.05, 0.1) is 5.55 Å². The lowest BCUT2D eigenvalue weighted by Gasteiger charge is -2.41. The summed E-state index contributed by atoms with van der Waals surface area (Å²) in [5, 5.41) is 10.6. The third-order valence-electron chi connectivity index (χ3n) is 6.43. The zero-order valence-electron chi connectivity index (χ0n) is 18.5. The third kappa shape index (κ3) is 3.89. The quantitative estimate of drug-likeness (QED) is 0.562. The second-order valence-electron chi connectivity index (χ2n) is 8.47. The average molecular weight is 447 g/mol. The number of benzene rings is 2. The number of carbonyl (C=O) groups excluding carboxylic acids is 1. The van der Waals surface area contributed by atoms with Crippen molar-refractivity contribution in [3.63, 3.8) is 0 Å². The van der Waals surface area contributed by atoms with E-state index in [0.29, 0.717) is 17.5 Å². The van der Waals surface area contributed by atoms with E-state index in [1.807, 2.05) is 6.92 Å². The van der Waals surface area contributed by atoms with Crippen LogP contribution in [0.2, 0.25) is 0 Å². The lowest BCUT2D eigenvalue weighted by molar-refractivity contribution is -0.120. The van der Waals surface area contributed by atoms with E-state index in [0.717, 1.165) is 32.5 Å². The number of para-hydroxylation sites is 1. The van der Waals surface area contributed by atoms with Crippen LogP contribution in [0.5, 0.6) is 0 Å². The molecule has 2 aromatic carbocycles. The van der Waals surface area contributed by atoms with Crippen molar-refractivity contribution in [1.82, 2.24) is 15.2 Å². The van der Waals surface area contributed by atoms with E-state index >= 15 is 0 Å². The van der Waals surface area contributed by atoms with Gasteiger partial charge in [0, 0.05) is 45.6 Å². The Bertz CT molecular complexity index is 1180. The largest absolute Gasteiger partial charge is 0.342 e. The van der Waals surface area contributed by atoms with Gasteiger partial charge in [-0.2, -0.15) is 0 Å². The summed E-state index contributed by atoms with van der Waals surface area (Å²) in [6.45, 7) is 4.77. The van der Waals surface area contributed by atoms with Gasteiger partial charge in [0.1, 0.15) is 5.82 Å². The molecule has 5 rings (SSSR count). The Morgan fingerprint density at radius 2 is 1.88 bits per heavy atom. The number of nitrogens with one attached hydrogen (secondary N) is 2. The van der Waals surface area contributed by atoms with Gasteiger partial charge in [-0.1, -0.05) is 55.5 Å². The van der Waals surface area contributed by atoms with Gasteiger partial charge in [0.2, 0.25) is 5.91 Å². The standard InChI is InChI=1S/C26H30N4OS/c1-2-26(31)29-25-18-32(19-28-25,21-12-14-27-15-13-21)24-17-30(16-20-8-4-3-5-9-20)23-11-7-6-10-22(23)24/h3-11,17-19,21,27H,2,12-16H2,1H3,(H,29,31). The lowest BCUT2D eigenvalue weighted by Crippen LogP contribution is -2.33. The monoisotopic (exact) mass is 446 g/mol. The van der Waals surface area contributed by atoms with Gasteiger partial charge < -0.3 is 15.2 Å². The number of rotatable bonds is 6. The van der Waals surface area contributed by atoms with Gasteiger partial charge >= 0.3 is 0 Å². The van der Waals surface area contributed by atoms with E-state index in [1.54, 1.807) is 0 Å². The Morgan fingerprint density at radius 1 is 1.12 bits per heavy atom. The number of amides is 1. The molecule has 0 radical (unpaired) electrons. The van der Waals surface area contributed by atoms with E-state index in [-0.39, 0.29) is 5.91 Å². The number of fused-ring (bicyclic) bond motifs is 1. The molecular weight excluding hydrogens is 416 g/mol. The maximum atomic E-state index is 12.1. The number of carbonyl (C=O) groups is 1. The van der Waals surface area contributed by atoms with Gasteiger partial charge in [-0.15, -0.1) is 10.0 Å². The molecule has 2 aliphatic rings. The van der Waals surface area contributed by atoms with Crippen LogP contribution in [0, 0.1) is 0 Å². The van der Waals surface area contributed by atoms with Crippen LogP contribution >= 0.6 is 10.0 Å². The van der Waals surface area contributed by atoms with Crippen molar-refractivity contribution in [2.45, 2.75) is 42.9 Å². The van der Waals surface area contributed by atoms with Crippen molar-refractivity contribution in [3.05, 3.63) is 77.6 Å². The minimum atomic E-state index is -1.47. The van der Waals surface area contributed by atoms with Crippen LogP contribution in [0.25, 0.3) is 10.9 Å². The van der Waals surface area contributed by atoms with E-state index < -0.39 is 10.0 Å². The molecule has 0 spiro atoms. The summed E-state index contributed by atoms with van der Waals surface area (Å²) in [5.74, 6) is 0.727. The minimum absolute atomic E-state index is 0.0143. The van der Waals surface area contributed by atoms with Gasteiger partial charge in [-0.3, -0.25) is 4.79 Å². The maximum Gasteiger partial charge on any atom is 0.225 e.